The first kappa shape index (κ1) is 23.4. The highest BCUT2D eigenvalue weighted by molar-refractivity contribution is 8.17. The van der Waals surface area contributed by atoms with Crippen molar-refractivity contribution in [3.05, 3.63) is 58.1 Å². The van der Waals surface area contributed by atoms with Crippen LogP contribution in [0.15, 0.2) is 46.8 Å². The summed E-state index contributed by atoms with van der Waals surface area (Å²) in [5, 5.41) is 9.27. The predicted molar refractivity (Wildman–Crippen MR) is 137 cm³/mol. The first-order valence-electron chi connectivity index (χ1n) is 11.0. The van der Waals surface area contributed by atoms with Gasteiger partial charge in [-0.05, 0) is 83.7 Å². The number of nitrogens with zero attached hydrogens (tertiary/aromatic N) is 3. The Morgan fingerprint density at radius 3 is 2.91 bits per heavy atom. The number of nitrogens with one attached hydrogen (secondary N) is 2. The number of carbonyl (C=O) groups is 2. The van der Waals surface area contributed by atoms with Gasteiger partial charge in [0.05, 0.1) is 10.6 Å². The Hall–Kier alpha value is -2.75. The fourth-order valence-electron chi connectivity index (χ4n) is 3.87. The van der Waals surface area contributed by atoms with E-state index in [2.05, 4.69) is 55.1 Å². The van der Waals surface area contributed by atoms with Crippen LogP contribution in [0.3, 0.4) is 0 Å². The number of hydrogen-bond acceptors (Lipinski definition) is 8. The number of allylic oxidation sites excluding steroid dienone is 1. The van der Waals surface area contributed by atoms with Gasteiger partial charge in [-0.3, -0.25) is 9.59 Å². The molecular formula is C24H27N5O2S2. The third-order valence-electron chi connectivity index (χ3n) is 5.66. The van der Waals surface area contributed by atoms with Crippen LogP contribution in [0.4, 0.5) is 10.7 Å². The van der Waals surface area contributed by atoms with Crippen molar-refractivity contribution >= 4 is 56.7 Å². The number of amides is 1. The largest absolute Gasteiger partial charge is 0.350 e. The summed E-state index contributed by atoms with van der Waals surface area (Å²) in [7, 11) is 1.53. The predicted octanol–water partition coefficient (Wildman–Crippen LogP) is 4.31. The molecule has 0 radical (unpaired) electrons. The summed E-state index contributed by atoms with van der Waals surface area (Å²) in [4.78, 5) is 34.3. The molecule has 2 aromatic heterocycles. The van der Waals surface area contributed by atoms with Crippen molar-refractivity contribution in [1.82, 2.24) is 20.6 Å². The van der Waals surface area contributed by atoms with Gasteiger partial charge >= 0.3 is 0 Å². The number of thioether (sulfide) groups is 1. The van der Waals surface area contributed by atoms with E-state index in [1.54, 1.807) is 29.7 Å². The molecule has 4 rings (SSSR count). The normalized spacial score (nSPS) is 15.1. The van der Waals surface area contributed by atoms with Crippen molar-refractivity contribution in [1.29, 1.82) is 0 Å². The van der Waals surface area contributed by atoms with Crippen LogP contribution in [0.2, 0.25) is 0 Å². The molecule has 0 unspecified atom stereocenters. The van der Waals surface area contributed by atoms with Crippen molar-refractivity contribution in [3.8, 4) is 0 Å². The van der Waals surface area contributed by atoms with Crippen molar-refractivity contribution in [2.75, 3.05) is 31.6 Å². The maximum Gasteiger partial charge on any atom is 0.283 e. The molecule has 1 saturated heterocycles. The summed E-state index contributed by atoms with van der Waals surface area (Å²) < 4.78 is 1.33. The molecule has 0 aliphatic carbocycles. The number of piperidine rings is 1. The zero-order valence-corrected chi connectivity index (χ0v) is 20.1. The van der Waals surface area contributed by atoms with Crippen molar-refractivity contribution in [2.45, 2.75) is 19.4 Å². The van der Waals surface area contributed by atoms with Gasteiger partial charge < -0.3 is 15.5 Å². The summed E-state index contributed by atoms with van der Waals surface area (Å²) in [5.41, 5.74) is 1.94. The Morgan fingerprint density at radius 1 is 1.27 bits per heavy atom. The van der Waals surface area contributed by atoms with Crippen LogP contribution in [0.5, 0.6) is 0 Å². The van der Waals surface area contributed by atoms with Gasteiger partial charge in [0.25, 0.3) is 5.24 Å². The maximum atomic E-state index is 11.5. The van der Waals surface area contributed by atoms with Crippen LogP contribution in [-0.4, -0.2) is 48.2 Å². The minimum Gasteiger partial charge on any atom is -0.350 e. The summed E-state index contributed by atoms with van der Waals surface area (Å²) in [5.74, 6) is 1.29. The lowest BCUT2D eigenvalue weighted by molar-refractivity contribution is -0.104. The zero-order chi connectivity index (χ0) is 23.0. The van der Waals surface area contributed by atoms with Gasteiger partial charge in [-0.1, -0.05) is 6.07 Å². The molecule has 7 nitrogen and oxygen atoms in total. The second-order valence-electron chi connectivity index (χ2n) is 7.94. The van der Waals surface area contributed by atoms with Gasteiger partial charge in [0.1, 0.15) is 0 Å². The Kier molecular flexibility index (Phi) is 8.09. The molecule has 1 fully saturated rings. The summed E-state index contributed by atoms with van der Waals surface area (Å²) in [6, 6.07) is 10.6. The number of aldehydes is 1. The molecule has 0 saturated carbocycles. The number of fused-ring (bicyclic) bond motifs is 1. The van der Waals surface area contributed by atoms with E-state index in [0.717, 1.165) is 50.8 Å². The van der Waals surface area contributed by atoms with E-state index in [1.807, 2.05) is 0 Å². The highest BCUT2D eigenvalue weighted by Gasteiger charge is 2.21. The average Bonchev–Trinajstić information content (AvgIpc) is 3.32. The van der Waals surface area contributed by atoms with E-state index < -0.39 is 0 Å². The molecular weight excluding hydrogens is 454 g/mol. The van der Waals surface area contributed by atoms with Crippen molar-refractivity contribution in [2.24, 2.45) is 5.92 Å². The molecule has 1 aliphatic rings. The monoisotopic (exact) mass is 481 g/mol. The van der Waals surface area contributed by atoms with E-state index >= 15 is 0 Å². The lowest BCUT2D eigenvalue weighted by atomic mass is 9.97. The number of anilines is 1. The molecule has 1 aromatic carbocycles. The van der Waals surface area contributed by atoms with E-state index in [4.69, 9.17) is 0 Å². The number of carbonyl (C=O) groups excluding carboxylic acids is 2. The van der Waals surface area contributed by atoms with Crippen molar-refractivity contribution in [3.63, 3.8) is 0 Å². The fourth-order valence-corrected chi connectivity index (χ4v) is 5.18. The first-order valence-corrected chi connectivity index (χ1v) is 12.7. The van der Waals surface area contributed by atoms with Gasteiger partial charge in [-0.15, -0.1) is 11.3 Å². The van der Waals surface area contributed by atoms with E-state index in [9.17, 15) is 9.59 Å². The number of hydrogen-bond donors (Lipinski definition) is 2. The molecule has 9 heteroatoms. The Bertz CT molecular complexity index is 1140. The van der Waals surface area contributed by atoms with Crippen LogP contribution < -0.4 is 15.5 Å². The molecule has 0 spiro atoms. The number of thiophene rings is 1. The molecule has 2 N–H and O–H groups in total. The quantitative estimate of drug-likeness (QED) is 0.366. The number of aromatic nitrogens is 2. The fraction of sp³-hybridized carbons (Fsp3) is 0.333. The molecule has 0 atom stereocenters. The van der Waals surface area contributed by atoms with Gasteiger partial charge in [-0.25, -0.2) is 9.97 Å². The smallest absolute Gasteiger partial charge is 0.283 e. The summed E-state index contributed by atoms with van der Waals surface area (Å²) >= 11 is 2.63. The molecule has 1 aliphatic heterocycles. The summed E-state index contributed by atoms with van der Waals surface area (Å²) in [6.07, 6.45) is 6.12. The molecule has 172 valence electrons. The second kappa shape index (κ2) is 11.4. The van der Waals surface area contributed by atoms with Crippen LogP contribution in [0.1, 0.15) is 24.1 Å². The molecule has 33 heavy (non-hydrogen) atoms. The zero-order valence-electron chi connectivity index (χ0n) is 18.5. The van der Waals surface area contributed by atoms with Crippen molar-refractivity contribution < 1.29 is 9.59 Å². The first-order chi connectivity index (χ1) is 16.1. The number of rotatable bonds is 8. The molecule has 0 bridgehead atoms. The molecule has 3 aromatic rings. The van der Waals surface area contributed by atoms with Gasteiger partial charge in [0, 0.05) is 37.6 Å². The van der Waals surface area contributed by atoms with E-state index in [0.29, 0.717) is 28.8 Å². The Balaban J connectivity index is 1.27. The van der Waals surface area contributed by atoms with E-state index in [-0.39, 0.29) is 5.24 Å². The number of benzene rings is 1. The molecule has 1 amide bonds. The Morgan fingerprint density at radius 2 is 2.12 bits per heavy atom. The van der Waals surface area contributed by atoms with Gasteiger partial charge in [-0.2, -0.15) is 0 Å². The summed E-state index contributed by atoms with van der Waals surface area (Å²) in [6.45, 7) is 3.68. The lowest BCUT2D eigenvalue weighted by Gasteiger charge is -2.32. The van der Waals surface area contributed by atoms with Crippen LogP contribution in [0.25, 0.3) is 16.2 Å². The minimum atomic E-state index is -0.287. The highest BCUT2D eigenvalue weighted by atomic mass is 32.2. The second-order valence-corrected chi connectivity index (χ2v) is 9.93. The van der Waals surface area contributed by atoms with E-state index in [1.165, 1.54) is 22.7 Å². The topological polar surface area (TPSA) is 87.2 Å². The van der Waals surface area contributed by atoms with Gasteiger partial charge in [0.2, 0.25) is 5.95 Å². The van der Waals surface area contributed by atoms with Crippen LogP contribution in [-0.2, 0) is 11.3 Å². The Labute approximate surface area is 201 Å². The highest BCUT2D eigenvalue weighted by Crippen LogP contribution is 2.23. The molecule has 3 heterocycles. The maximum absolute atomic E-state index is 11.5. The third-order valence-corrected chi connectivity index (χ3v) is 7.40. The van der Waals surface area contributed by atoms with Gasteiger partial charge in [0.15, 0.2) is 6.29 Å². The average molecular weight is 482 g/mol. The standard InChI is InChI=1S/C24H27N5O2S2/c1-25-24(31)33-21(16-30)13-20-4-8-27-23(28-20)29-9-5-17(6-10-29)14-26-15-18-2-3-22-19(12-18)7-11-32-22/h2-4,7-8,11-13,16-17,26H,5-6,9-10,14-15H2,1H3,(H,25,31). The van der Waals surface area contributed by atoms with Crippen LogP contribution in [0, 0.1) is 5.92 Å². The third kappa shape index (κ3) is 6.40. The SMILES string of the molecule is CNC(=O)SC(C=O)=Cc1ccnc(N2CCC(CNCc3ccc4sccc4c3)CC2)n1. The van der Waals surface area contributed by atoms with Crippen LogP contribution >= 0.6 is 23.1 Å². The lowest BCUT2D eigenvalue weighted by Crippen LogP contribution is -2.38. The minimum absolute atomic E-state index is 0.287.